The number of aliphatic hydroxyl groups is 1. The number of fused-ring (bicyclic) bond motifs is 3. The number of carboxylic acid groups (broad SMARTS) is 1. The summed E-state index contributed by atoms with van der Waals surface area (Å²) >= 11 is 0. The molecule has 3 fully saturated rings. The third-order valence-corrected chi connectivity index (χ3v) is 13.0. The molecular formula is C50H43N3O11. The van der Waals surface area contributed by atoms with E-state index in [0.717, 1.165) is 30.6 Å². The van der Waals surface area contributed by atoms with E-state index in [2.05, 4.69) is 11.8 Å². The van der Waals surface area contributed by atoms with Crippen molar-refractivity contribution in [2.24, 2.45) is 5.92 Å². The van der Waals surface area contributed by atoms with Gasteiger partial charge in [-0.1, -0.05) is 97.5 Å². The summed E-state index contributed by atoms with van der Waals surface area (Å²) < 4.78 is 12.0. The van der Waals surface area contributed by atoms with E-state index in [0.29, 0.717) is 40.7 Å². The quantitative estimate of drug-likeness (QED) is 0.0472. The number of phenolic OH excluding ortho intramolecular Hbond substituents is 1. The van der Waals surface area contributed by atoms with Gasteiger partial charge in [-0.3, -0.25) is 29.4 Å². The van der Waals surface area contributed by atoms with E-state index in [1.165, 1.54) is 42.5 Å². The molecule has 14 heteroatoms. The van der Waals surface area contributed by atoms with E-state index in [9.17, 15) is 39.8 Å². The van der Waals surface area contributed by atoms with Gasteiger partial charge >= 0.3 is 18.0 Å². The van der Waals surface area contributed by atoms with Crippen LogP contribution in [-0.4, -0.2) is 60.7 Å². The molecule has 4 aliphatic rings. The molecule has 1 saturated carbocycles. The molecule has 5 aromatic carbocycles. The number of cyclic esters (lactones) is 1. The van der Waals surface area contributed by atoms with Gasteiger partial charge in [-0.15, -0.1) is 0 Å². The Morgan fingerprint density at radius 1 is 0.812 bits per heavy atom. The molecule has 2 amide bonds. The molecule has 64 heavy (non-hydrogen) atoms. The number of imide groups is 1. The van der Waals surface area contributed by atoms with Crippen LogP contribution in [0.1, 0.15) is 90.1 Å². The summed E-state index contributed by atoms with van der Waals surface area (Å²) in [4.78, 5) is 72.7. The summed E-state index contributed by atoms with van der Waals surface area (Å²) in [5.74, 6) is 0.776. The van der Waals surface area contributed by atoms with Crippen LogP contribution >= 0.6 is 0 Å². The van der Waals surface area contributed by atoms with E-state index < -0.39 is 76.6 Å². The molecule has 0 aromatic heterocycles. The lowest BCUT2D eigenvalue weighted by Gasteiger charge is -2.46. The monoisotopic (exact) mass is 861 g/mol. The lowest BCUT2D eigenvalue weighted by atomic mass is 9.65. The summed E-state index contributed by atoms with van der Waals surface area (Å²) in [6.45, 7) is -0.398. The van der Waals surface area contributed by atoms with Gasteiger partial charge in [-0.05, 0) is 96.0 Å². The molecule has 3 aliphatic heterocycles. The maximum atomic E-state index is 16.0. The number of nitro benzene ring substituents is 1. The number of ether oxygens (including phenoxy) is 2. The smallest absolute Gasteiger partial charge is 0.421 e. The molecule has 6 atom stereocenters. The van der Waals surface area contributed by atoms with Gasteiger partial charge in [0.2, 0.25) is 5.91 Å². The number of hydrogen-bond donors (Lipinski definition) is 3. The molecule has 3 heterocycles. The molecule has 2 saturated heterocycles. The van der Waals surface area contributed by atoms with Crippen molar-refractivity contribution < 1.29 is 48.9 Å². The number of aliphatic carboxylic acids is 1. The molecule has 3 N–H and O–H groups in total. The number of aromatic hydroxyl groups is 1. The van der Waals surface area contributed by atoms with Crippen LogP contribution in [0.2, 0.25) is 0 Å². The van der Waals surface area contributed by atoms with Crippen LogP contribution < -0.4 is 4.90 Å². The van der Waals surface area contributed by atoms with Crippen molar-refractivity contribution in [2.75, 3.05) is 4.90 Å². The number of anilines is 1. The number of carbonyl (C=O) groups is 4. The van der Waals surface area contributed by atoms with E-state index >= 15 is 4.79 Å². The fourth-order valence-corrected chi connectivity index (χ4v) is 10.2. The van der Waals surface area contributed by atoms with Crippen molar-refractivity contribution in [3.63, 3.8) is 0 Å². The third-order valence-electron chi connectivity index (χ3n) is 13.0. The number of nitrogens with zero attached hydrogens (tertiary/aromatic N) is 3. The highest BCUT2D eigenvalue weighted by Gasteiger charge is 2.76. The number of amides is 2. The first-order valence-corrected chi connectivity index (χ1v) is 21.2. The van der Waals surface area contributed by atoms with Crippen LogP contribution in [0.15, 0.2) is 127 Å². The van der Waals surface area contributed by atoms with Gasteiger partial charge in [0.1, 0.15) is 41.4 Å². The molecule has 324 valence electrons. The van der Waals surface area contributed by atoms with Crippen molar-refractivity contribution in [3.8, 4) is 17.6 Å². The van der Waals surface area contributed by atoms with Crippen LogP contribution in [0.3, 0.4) is 0 Å². The number of rotatable bonds is 7. The first-order valence-electron chi connectivity index (χ1n) is 21.2. The number of phenols is 1. The molecular weight excluding hydrogens is 819 g/mol. The highest BCUT2D eigenvalue weighted by molar-refractivity contribution is 6.23. The summed E-state index contributed by atoms with van der Waals surface area (Å²) in [5.41, 5.74) is -1.30. The van der Waals surface area contributed by atoms with Crippen LogP contribution in [0.5, 0.6) is 5.75 Å². The minimum Gasteiger partial charge on any atom is -0.508 e. The average molecular weight is 862 g/mol. The van der Waals surface area contributed by atoms with E-state index in [4.69, 9.17) is 9.47 Å². The highest BCUT2D eigenvalue weighted by Crippen LogP contribution is 2.66. The van der Waals surface area contributed by atoms with Gasteiger partial charge in [-0.25, -0.2) is 9.69 Å². The van der Waals surface area contributed by atoms with E-state index in [1.807, 2.05) is 36.4 Å². The number of carboxylic acids is 1. The second-order valence-electron chi connectivity index (χ2n) is 16.7. The van der Waals surface area contributed by atoms with Gasteiger partial charge in [-0.2, -0.15) is 0 Å². The SMILES string of the molecule is O=C1OC(c2ccccc2)C(c2ccccc2)N2C1C(C(=O)O)C1(C(=O)N(C(=O)OCc3ccc([N+](=O)[O-])cc3)c3ccc(C#CC4(O)CCCCCC4)cc31)C2c1ccc(O)cc1. The number of esters is 1. The zero-order valence-corrected chi connectivity index (χ0v) is 34.4. The number of carbonyl (C=O) groups excluding carboxylic acids is 3. The molecule has 0 radical (unpaired) electrons. The fraction of sp³-hybridized carbons (Fsp3) is 0.280. The van der Waals surface area contributed by atoms with Crippen molar-refractivity contribution in [2.45, 2.75) is 80.4 Å². The number of hydrogen-bond acceptors (Lipinski definition) is 11. The lowest BCUT2D eigenvalue weighted by Crippen LogP contribution is -2.53. The van der Waals surface area contributed by atoms with Crippen LogP contribution in [0.25, 0.3) is 0 Å². The van der Waals surface area contributed by atoms with Gasteiger partial charge in [0.15, 0.2) is 0 Å². The largest absolute Gasteiger partial charge is 0.508 e. The maximum absolute atomic E-state index is 16.0. The predicted octanol–water partition coefficient (Wildman–Crippen LogP) is 7.82. The summed E-state index contributed by atoms with van der Waals surface area (Å²) in [6.07, 6.45) is 2.30. The minimum atomic E-state index is -2.26. The normalized spacial score (nSPS) is 24.7. The first-order chi connectivity index (χ1) is 30.9. The molecule has 1 spiro atoms. The van der Waals surface area contributed by atoms with Crippen LogP contribution in [0.4, 0.5) is 16.2 Å². The second kappa shape index (κ2) is 16.7. The van der Waals surface area contributed by atoms with Gasteiger partial charge in [0, 0.05) is 17.7 Å². The van der Waals surface area contributed by atoms with Crippen molar-refractivity contribution in [1.29, 1.82) is 0 Å². The van der Waals surface area contributed by atoms with Crippen molar-refractivity contribution in [1.82, 2.24) is 4.90 Å². The number of nitro groups is 1. The zero-order chi connectivity index (χ0) is 44.8. The minimum absolute atomic E-state index is 0.00320. The molecule has 14 nitrogen and oxygen atoms in total. The molecule has 6 unspecified atom stereocenters. The Bertz CT molecular complexity index is 2690. The standard InChI is InChI=1S/C50H43N3O11/c54-37-22-18-35(19-23-37)44-50(40(45(55)56)42-46(57)64-43(34-13-7-4-8-14-34)41(52(42)44)33-11-5-3-6-12-33)38-29-31(25-28-49(60)26-9-1-2-10-27-49)17-24-39(38)51(47(50)58)48(59)63-30-32-15-20-36(21-16-32)53(61)62/h3-8,11-24,29,40-44,54,60H,1-2,9-10,26-27,30H2,(H,55,56). The number of morpholine rings is 1. The van der Waals surface area contributed by atoms with Crippen molar-refractivity contribution >= 4 is 35.3 Å². The molecule has 9 rings (SSSR count). The number of non-ortho nitro benzene ring substituents is 1. The molecule has 0 bridgehead atoms. The second-order valence-corrected chi connectivity index (χ2v) is 16.7. The predicted molar refractivity (Wildman–Crippen MR) is 230 cm³/mol. The van der Waals surface area contributed by atoms with Gasteiger partial charge < -0.3 is 24.8 Å². The van der Waals surface area contributed by atoms with Crippen LogP contribution in [0, 0.1) is 27.9 Å². The van der Waals surface area contributed by atoms with E-state index in [1.54, 1.807) is 53.4 Å². The lowest BCUT2D eigenvalue weighted by molar-refractivity contribution is -0.384. The molecule has 5 aromatic rings. The zero-order valence-electron chi connectivity index (χ0n) is 34.4. The van der Waals surface area contributed by atoms with Crippen molar-refractivity contribution in [3.05, 3.63) is 171 Å². The Morgan fingerprint density at radius 3 is 2.08 bits per heavy atom. The Kier molecular flexibility index (Phi) is 11.0. The molecule has 1 aliphatic carbocycles. The van der Waals surface area contributed by atoms with E-state index in [-0.39, 0.29) is 22.7 Å². The average Bonchev–Trinajstić information content (AvgIpc) is 3.64. The Hall–Kier alpha value is -7.34. The Labute approximate surface area is 367 Å². The van der Waals surface area contributed by atoms with Gasteiger partial charge in [0.05, 0.1) is 22.7 Å². The summed E-state index contributed by atoms with van der Waals surface area (Å²) in [7, 11) is 0. The van der Waals surface area contributed by atoms with Crippen LogP contribution in [-0.2, 0) is 35.9 Å². The Balaban J connectivity index is 1.27. The third kappa shape index (κ3) is 7.22. The topological polar surface area (TPSA) is 197 Å². The number of benzene rings is 5. The fourth-order valence-electron chi connectivity index (χ4n) is 10.2. The maximum Gasteiger partial charge on any atom is 0.421 e. The first kappa shape index (κ1) is 42.0. The van der Waals surface area contributed by atoms with Gasteiger partial charge in [0.25, 0.3) is 5.69 Å². The Morgan fingerprint density at radius 2 is 1.45 bits per heavy atom. The summed E-state index contributed by atoms with van der Waals surface area (Å²) in [5, 5.41) is 45.0. The summed E-state index contributed by atoms with van der Waals surface area (Å²) in [6, 6.07) is 30.2. The highest BCUT2D eigenvalue weighted by atomic mass is 16.6.